The van der Waals surface area contributed by atoms with E-state index in [-0.39, 0.29) is 5.69 Å². The summed E-state index contributed by atoms with van der Waals surface area (Å²) >= 11 is 5.54. The molecule has 1 N–H and O–H groups in total. The molecule has 118 valence electrons. The number of nitrogens with zero attached hydrogens (tertiary/aromatic N) is 2. The number of pyridine rings is 1. The average molecular weight is 340 g/mol. The van der Waals surface area contributed by atoms with Gasteiger partial charge in [-0.05, 0) is 30.3 Å². The molecule has 3 rings (SSSR count). The summed E-state index contributed by atoms with van der Waals surface area (Å²) in [5, 5.41) is 2.00. The van der Waals surface area contributed by atoms with E-state index in [0.29, 0.717) is 11.2 Å². The maximum absolute atomic E-state index is 12.8. The predicted octanol–water partition coefficient (Wildman–Crippen LogP) is 4.26. The number of hydrogen-bond acceptors (Lipinski definition) is 2. The van der Waals surface area contributed by atoms with Crippen LogP contribution in [0.1, 0.15) is 15.9 Å². The van der Waals surface area contributed by atoms with Gasteiger partial charge in [-0.15, -0.1) is 0 Å². The van der Waals surface area contributed by atoms with Crippen molar-refractivity contribution in [2.75, 3.05) is 5.32 Å². The van der Waals surface area contributed by atoms with Crippen LogP contribution >= 0.6 is 11.6 Å². The van der Waals surface area contributed by atoms with E-state index in [1.807, 2.05) is 0 Å². The van der Waals surface area contributed by atoms with Gasteiger partial charge in [-0.2, -0.15) is 13.2 Å². The second kappa shape index (κ2) is 5.58. The van der Waals surface area contributed by atoms with Gasteiger partial charge in [0.05, 0.1) is 16.1 Å². The number of rotatable bonds is 2. The third-order valence-electron chi connectivity index (χ3n) is 3.18. The van der Waals surface area contributed by atoms with Gasteiger partial charge in [0.15, 0.2) is 0 Å². The number of carbonyl (C=O) groups is 1. The van der Waals surface area contributed by atoms with Crippen LogP contribution in [0.5, 0.6) is 0 Å². The fraction of sp³-hybridized carbons (Fsp3) is 0.0667. The van der Waals surface area contributed by atoms with Crippen LogP contribution in [0, 0.1) is 0 Å². The highest BCUT2D eigenvalue weighted by Crippen LogP contribution is 2.36. The Hall–Kier alpha value is -2.54. The van der Waals surface area contributed by atoms with Crippen molar-refractivity contribution in [2.45, 2.75) is 6.18 Å². The molecule has 0 radical (unpaired) electrons. The first-order chi connectivity index (χ1) is 10.8. The molecule has 0 aliphatic carbocycles. The minimum absolute atomic E-state index is 0.0115. The topological polar surface area (TPSA) is 46.4 Å². The van der Waals surface area contributed by atoms with Gasteiger partial charge in [0.25, 0.3) is 5.91 Å². The smallest absolute Gasteiger partial charge is 0.322 e. The number of imidazole rings is 1. The van der Waals surface area contributed by atoms with Gasteiger partial charge in [0.2, 0.25) is 0 Å². The number of nitrogens with one attached hydrogen (secondary N) is 1. The third-order valence-corrected chi connectivity index (χ3v) is 3.51. The van der Waals surface area contributed by atoms with Gasteiger partial charge >= 0.3 is 6.18 Å². The second-order valence-corrected chi connectivity index (χ2v) is 5.16. The molecule has 0 atom stereocenters. The molecule has 0 aliphatic rings. The van der Waals surface area contributed by atoms with Gasteiger partial charge in [-0.1, -0.05) is 11.6 Å². The lowest BCUT2D eigenvalue weighted by Gasteiger charge is -2.12. The molecule has 0 spiro atoms. The summed E-state index contributed by atoms with van der Waals surface area (Å²) in [4.78, 5) is 16.2. The minimum Gasteiger partial charge on any atom is -0.322 e. The van der Waals surface area contributed by atoms with Crippen LogP contribution in [0.25, 0.3) is 5.65 Å². The largest absolute Gasteiger partial charge is 0.417 e. The Balaban J connectivity index is 1.87. The molecule has 0 unspecified atom stereocenters. The zero-order valence-electron chi connectivity index (χ0n) is 11.4. The van der Waals surface area contributed by atoms with Gasteiger partial charge in [0.1, 0.15) is 5.65 Å². The number of aromatic nitrogens is 2. The van der Waals surface area contributed by atoms with E-state index in [1.54, 1.807) is 22.9 Å². The minimum atomic E-state index is -4.59. The Morgan fingerprint density at radius 2 is 2.00 bits per heavy atom. The van der Waals surface area contributed by atoms with Crippen molar-refractivity contribution in [3.05, 3.63) is 65.1 Å². The van der Waals surface area contributed by atoms with Crippen molar-refractivity contribution in [3.8, 4) is 0 Å². The molecule has 0 saturated heterocycles. The van der Waals surface area contributed by atoms with Gasteiger partial charge in [0, 0.05) is 24.3 Å². The predicted molar refractivity (Wildman–Crippen MR) is 79.6 cm³/mol. The molecular weight excluding hydrogens is 331 g/mol. The van der Waals surface area contributed by atoms with E-state index < -0.39 is 22.7 Å². The third kappa shape index (κ3) is 3.14. The zero-order chi connectivity index (χ0) is 16.6. The lowest BCUT2D eigenvalue weighted by Crippen LogP contribution is -2.14. The van der Waals surface area contributed by atoms with Crippen molar-refractivity contribution in [2.24, 2.45) is 0 Å². The summed E-state index contributed by atoms with van der Waals surface area (Å²) in [7, 11) is 0. The summed E-state index contributed by atoms with van der Waals surface area (Å²) in [5.74, 6) is -0.531. The number of halogens is 4. The Morgan fingerprint density at radius 1 is 1.22 bits per heavy atom. The van der Waals surface area contributed by atoms with Gasteiger partial charge in [-0.3, -0.25) is 4.79 Å². The van der Waals surface area contributed by atoms with Crippen LogP contribution < -0.4 is 5.32 Å². The monoisotopic (exact) mass is 339 g/mol. The van der Waals surface area contributed by atoms with E-state index >= 15 is 0 Å². The molecule has 3 aromatic rings. The first kappa shape index (κ1) is 15.4. The average Bonchev–Trinajstić information content (AvgIpc) is 2.95. The maximum atomic E-state index is 12.8. The molecule has 2 heterocycles. The van der Waals surface area contributed by atoms with Crippen LogP contribution in [0.4, 0.5) is 18.9 Å². The van der Waals surface area contributed by atoms with Crippen LogP contribution in [0.2, 0.25) is 5.02 Å². The van der Waals surface area contributed by atoms with Crippen LogP contribution in [-0.4, -0.2) is 15.3 Å². The van der Waals surface area contributed by atoms with E-state index in [0.717, 1.165) is 12.1 Å². The highest BCUT2D eigenvalue weighted by molar-refractivity contribution is 6.31. The van der Waals surface area contributed by atoms with Crippen molar-refractivity contribution >= 4 is 28.8 Å². The molecule has 1 amide bonds. The Bertz CT molecular complexity index is 889. The highest BCUT2D eigenvalue weighted by atomic mass is 35.5. The number of anilines is 1. The summed E-state index contributed by atoms with van der Waals surface area (Å²) in [6.07, 6.45) is 0.188. The standard InChI is InChI=1S/C15H9ClF3N3O/c16-12-3-2-10(7-11(12)15(17,18)19)21-14(23)9-1-4-13-20-5-6-22(13)8-9/h1-8H,(H,21,23). The number of alkyl halides is 3. The number of hydrogen-bond donors (Lipinski definition) is 1. The lowest BCUT2D eigenvalue weighted by molar-refractivity contribution is -0.137. The molecule has 1 aromatic carbocycles. The van der Waals surface area contributed by atoms with E-state index in [9.17, 15) is 18.0 Å². The fourth-order valence-corrected chi connectivity index (χ4v) is 2.30. The Kier molecular flexibility index (Phi) is 3.73. The number of carbonyl (C=O) groups excluding carboxylic acids is 1. The lowest BCUT2D eigenvalue weighted by atomic mass is 10.2. The van der Waals surface area contributed by atoms with E-state index in [1.165, 1.54) is 18.3 Å². The Morgan fingerprint density at radius 3 is 2.74 bits per heavy atom. The van der Waals surface area contributed by atoms with Crippen LogP contribution in [0.3, 0.4) is 0 Å². The molecule has 8 heteroatoms. The van der Waals surface area contributed by atoms with Crippen molar-refractivity contribution in [1.82, 2.24) is 9.38 Å². The Labute approximate surface area is 133 Å². The van der Waals surface area contributed by atoms with Crippen LogP contribution in [0.15, 0.2) is 48.9 Å². The summed E-state index contributed by atoms with van der Waals surface area (Å²) in [6.45, 7) is 0. The molecule has 0 fully saturated rings. The molecule has 4 nitrogen and oxygen atoms in total. The highest BCUT2D eigenvalue weighted by Gasteiger charge is 2.33. The van der Waals surface area contributed by atoms with E-state index in [2.05, 4.69) is 10.3 Å². The molecule has 0 aliphatic heterocycles. The maximum Gasteiger partial charge on any atom is 0.417 e. The summed E-state index contributed by atoms with van der Waals surface area (Å²) in [5.41, 5.74) is -0.0362. The molecule has 2 aromatic heterocycles. The molecule has 0 bridgehead atoms. The molecular formula is C15H9ClF3N3O. The quantitative estimate of drug-likeness (QED) is 0.758. The fourth-order valence-electron chi connectivity index (χ4n) is 2.08. The summed E-state index contributed by atoms with van der Waals surface area (Å²) in [6, 6.07) is 6.39. The van der Waals surface area contributed by atoms with Crippen molar-refractivity contribution < 1.29 is 18.0 Å². The first-order valence-corrected chi connectivity index (χ1v) is 6.83. The first-order valence-electron chi connectivity index (χ1n) is 6.45. The number of fused-ring (bicyclic) bond motifs is 1. The van der Waals surface area contributed by atoms with Crippen molar-refractivity contribution in [1.29, 1.82) is 0 Å². The van der Waals surface area contributed by atoms with Gasteiger partial charge < -0.3 is 9.72 Å². The normalized spacial score (nSPS) is 11.7. The van der Waals surface area contributed by atoms with Crippen LogP contribution in [-0.2, 0) is 6.18 Å². The van der Waals surface area contributed by atoms with Crippen molar-refractivity contribution in [3.63, 3.8) is 0 Å². The molecule has 23 heavy (non-hydrogen) atoms. The SMILES string of the molecule is O=C(Nc1ccc(Cl)c(C(F)(F)F)c1)c1ccc2nccn2c1. The van der Waals surface area contributed by atoms with E-state index in [4.69, 9.17) is 11.6 Å². The van der Waals surface area contributed by atoms with Gasteiger partial charge in [-0.25, -0.2) is 4.98 Å². The number of benzene rings is 1. The number of amides is 1. The molecule has 0 saturated carbocycles. The zero-order valence-corrected chi connectivity index (χ0v) is 12.2. The second-order valence-electron chi connectivity index (χ2n) is 4.76. The summed E-state index contributed by atoms with van der Waals surface area (Å²) < 4.78 is 40.1.